The van der Waals surface area contributed by atoms with Crippen molar-refractivity contribution in [3.8, 4) is 0 Å². The van der Waals surface area contributed by atoms with Gasteiger partial charge in [0.1, 0.15) is 0 Å². The standard InChI is InChI=1S/C17H24N2O/c1-13(20)18-17(2)10-15-8-9-16(11-17)19(15)12-14-6-4-3-5-7-14/h3-7,15-16H,8-12H2,1-2H3,(H,18,20)/t15-,16+,17-. The fraction of sp³-hybridized carbons (Fsp3) is 0.588. The Bertz CT molecular complexity index is 471. The molecule has 0 aliphatic carbocycles. The van der Waals surface area contributed by atoms with Gasteiger partial charge in [-0.1, -0.05) is 30.3 Å². The average Bonchev–Trinajstić information content (AvgIpc) is 2.64. The fourth-order valence-corrected chi connectivity index (χ4v) is 4.16. The maximum atomic E-state index is 11.4. The lowest BCUT2D eigenvalue weighted by molar-refractivity contribution is -0.121. The Morgan fingerprint density at radius 2 is 1.85 bits per heavy atom. The van der Waals surface area contributed by atoms with Gasteiger partial charge in [-0.05, 0) is 38.2 Å². The van der Waals surface area contributed by atoms with Gasteiger partial charge in [-0.25, -0.2) is 0 Å². The Hall–Kier alpha value is -1.35. The molecule has 1 amide bonds. The zero-order chi connectivity index (χ0) is 14.2. The zero-order valence-electron chi connectivity index (χ0n) is 12.4. The van der Waals surface area contributed by atoms with E-state index in [1.54, 1.807) is 6.92 Å². The molecule has 0 spiro atoms. The highest BCUT2D eigenvalue weighted by Gasteiger charge is 2.46. The molecule has 0 radical (unpaired) electrons. The Labute approximate surface area is 121 Å². The number of piperidine rings is 1. The quantitative estimate of drug-likeness (QED) is 0.917. The molecular formula is C17H24N2O. The molecule has 2 fully saturated rings. The van der Waals surface area contributed by atoms with E-state index >= 15 is 0 Å². The van der Waals surface area contributed by atoms with Gasteiger partial charge in [0.15, 0.2) is 0 Å². The van der Waals surface area contributed by atoms with Crippen LogP contribution >= 0.6 is 0 Å². The van der Waals surface area contributed by atoms with Gasteiger partial charge in [0, 0.05) is 31.1 Å². The number of fused-ring (bicyclic) bond motifs is 2. The summed E-state index contributed by atoms with van der Waals surface area (Å²) in [4.78, 5) is 14.1. The monoisotopic (exact) mass is 272 g/mol. The summed E-state index contributed by atoms with van der Waals surface area (Å²) in [6, 6.07) is 12.0. The molecule has 2 saturated heterocycles. The topological polar surface area (TPSA) is 32.3 Å². The number of carbonyl (C=O) groups excluding carboxylic acids is 1. The molecule has 2 bridgehead atoms. The van der Waals surface area contributed by atoms with Gasteiger partial charge in [0.2, 0.25) is 5.91 Å². The lowest BCUT2D eigenvalue weighted by Gasteiger charge is -2.45. The molecule has 3 atom stereocenters. The van der Waals surface area contributed by atoms with Crippen LogP contribution in [0.2, 0.25) is 0 Å². The van der Waals surface area contributed by atoms with Gasteiger partial charge in [0.05, 0.1) is 0 Å². The van der Waals surface area contributed by atoms with E-state index < -0.39 is 0 Å². The highest BCUT2D eigenvalue weighted by molar-refractivity contribution is 5.73. The first kappa shape index (κ1) is 13.6. The first-order valence-corrected chi connectivity index (χ1v) is 7.64. The van der Waals surface area contributed by atoms with Crippen LogP contribution in [0.5, 0.6) is 0 Å². The van der Waals surface area contributed by atoms with Crippen LogP contribution in [0.15, 0.2) is 30.3 Å². The number of nitrogens with zero attached hydrogens (tertiary/aromatic N) is 1. The first-order chi connectivity index (χ1) is 9.56. The maximum absolute atomic E-state index is 11.4. The number of nitrogens with one attached hydrogen (secondary N) is 1. The van der Waals surface area contributed by atoms with Crippen molar-refractivity contribution in [1.82, 2.24) is 10.2 Å². The molecule has 2 aliphatic rings. The Morgan fingerprint density at radius 1 is 1.25 bits per heavy atom. The molecule has 3 nitrogen and oxygen atoms in total. The summed E-state index contributed by atoms with van der Waals surface area (Å²) in [6.45, 7) is 4.88. The van der Waals surface area contributed by atoms with E-state index in [4.69, 9.17) is 0 Å². The van der Waals surface area contributed by atoms with Crippen molar-refractivity contribution in [2.75, 3.05) is 0 Å². The van der Waals surface area contributed by atoms with E-state index in [1.165, 1.54) is 18.4 Å². The van der Waals surface area contributed by atoms with Crippen LogP contribution in [0.3, 0.4) is 0 Å². The third kappa shape index (κ3) is 2.73. The molecule has 20 heavy (non-hydrogen) atoms. The van der Waals surface area contributed by atoms with Crippen molar-refractivity contribution in [3.05, 3.63) is 35.9 Å². The minimum Gasteiger partial charge on any atom is -0.351 e. The van der Waals surface area contributed by atoms with Crippen molar-refractivity contribution in [3.63, 3.8) is 0 Å². The summed E-state index contributed by atoms with van der Waals surface area (Å²) in [5, 5.41) is 3.18. The van der Waals surface area contributed by atoms with Crippen molar-refractivity contribution >= 4 is 5.91 Å². The van der Waals surface area contributed by atoms with E-state index in [0.717, 1.165) is 19.4 Å². The van der Waals surface area contributed by atoms with E-state index in [9.17, 15) is 4.79 Å². The molecule has 1 N–H and O–H groups in total. The van der Waals surface area contributed by atoms with E-state index in [2.05, 4.69) is 47.5 Å². The predicted molar refractivity (Wildman–Crippen MR) is 80.3 cm³/mol. The second-order valence-electron chi connectivity index (χ2n) is 6.69. The summed E-state index contributed by atoms with van der Waals surface area (Å²) in [5.41, 5.74) is 1.39. The molecule has 108 valence electrons. The fourth-order valence-electron chi connectivity index (χ4n) is 4.16. The summed E-state index contributed by atoms with van der Waals surface area (Å²) >= 11 is 0. The van der Waals surface area contributed by atoms with Gasteiger partial charge in [-0.15, -0.1) is 0 Å². The lowest BCUT2D eigenvalue weighted by atomic mass is 9.84. The normalized spacial score (nSPS) is 33.1. The first-order valence-electron chi connectivity index (χ1n) is 7.64. The lowest BCUT2D eigenvalue weighted by Crippen LogP contribution is -2.56. The van der Waals surface area contributed by atoms with Crippen molar-refractivity contribution in [1.29, 1.82) is 0 Å². The average molecular weight is 272 g/mol. The summed E-state index contributed by atoms with van der Waals surface area (Å²) in [7, 11) is 0. The van der Waals surface area contributed by atoms with Gasteiger partial charge < -0.3 is 5.32 Å². The molecule has 1 aromatic rings. The number of hydrogen-bond donors (Lipinski definition) is 1. The van der Waals surface area contributed by atoms with Crippen LogP contribution in [-0.2, 0) is 11.3 Å². The third-order valence-corrected chi connectivity index (χ3v) is 4.83. The van der Waals surface area contributed by atoms with E-state index in [1.807, 2.05) is 0 Å². The largest absolute Gasteiger partial charge is 0.351 e. The molecule has 3 heteroatoms. The van der Waals surface area contributed by atoms with Crippen LogP contribution in [0, 0.1) is 0 Å². The molecule has 2 heterocycles. The van der Waals surface area contributed by atoms with Gasteiger partial charge >= 0.3 is 0 Å². The number of amides is 1. The smallest absolute Gasteiger partial charge is 0.217 e. The van der Waals surface area contributed by atoms with Crippen molar-refractivity contribution in [2.24, 2.45) is 0 Å². The number of hydrogen-bond acceptors (Lipinski definition) is 2. The number of rotatable bonds is 3. The summed E-state index contributed by atoms with van der Waals surface area (Å²) < 4.78 is 0. The SMILES string of the molecule is CC(=O)N[C@]1(C)C[C@H]2CC[C@@H](C1)N2Cc1ccccc1. The summed E-state index contributed by atoms with van der Waals surface area (Å²) in [6.07, 6.45) is 4.70. The van der Waals surface area contributed by atoms with Crippen LogP contribution in [0.1, 0.15) is 45.1 Å². The summed E-state index contributed by atoms with van der Waals surface area (Å²) in [5.74, 6) is 0.100. The van der Waals surface area contributed by atoms with E-state index in [0.29, 0.717) is 12.1 Å². The van der Waals surface area contributed by atoms with Crippen LogP contribution in [-0.4, -0.2) is 28.4 Å². The Kier molecular flexibility index (Phi) is 3.55. The molecule has 0 saturated carbocycles. The van der Waals surface area contributed by atoms with Crippen molar-refractivity contribution < 1.29 is 4.79 Å². The molecule has 1 aromatic carbocycles. The second kappa shape index (κ2) is 5.21. The van der Waals surface area contributed by atoms with E-state index in [-0.39, 0.29) is 11.4 Å². The van der Waals surface area contributed by atoms with Crippen LogP contribution in [0.4, 0.5) is 0 Å². The zero-order valence-corrected chi connectivity index (χ0v) is 12.4. The minimum atomic E-state index is -0.00907. The van der Waals surface area contributed by atoms with Crippen LogP contribution in [0.25, 0.3) is 0 Å². The number of carbonyl (C=O) groups is 1. The molecule has 0 unspecified atom stereocenters. The van der Waals surface area contributed by atoms with Crippen molar-refractivity contribution in [2.45, 2.75) is 63.7 Å². The predicted octanol–water partition coefficient (Wildman–Crippen LogP) is 2.71. The highest BCUT2D eigenvalue weighted by atomic mass is 16.1. The molecule has 2 aliphatic heterocycles. The minimum absolute atomic E-state index is 0.00907. The third-order valence-electron chi connectivity index (χ3n) is 4.83. The Balaban J connectivity index is 1.70. The van der Waals surface area contributed by atoms with Gasteiger partial charge in [-0.3, -0.25) is 9.69 Å². The van der Waals surface area contributed by atoms with Crippen LogP contribution < -0.4 is 5.32 Å². The Morgan fingerprint density at radius 3 is 2.40 bits per heavy atom. The van der Waals surface area contributed by atoms with Gasteiger partial charge in [-0.2, -0.15) is 0 Å². The number of benzene rings is 1. The molecule has 0 aromatic heterocycles. The second-order valence-corrected chi connectivity index (χ2v) is 6.69. The van der Waals surface area contributed by atoms with Gasteiger partial charge in [0.25, 0.3) is 0 Å². The maximum Gasteiger partial charge on any atom is 0.217 e. The highest BCUT2D eigenvalue weighted by Crippen LogP contribution is 2.41. The molecular weight excluding hydrogens is 248 g/mol. The molecule has 3 rings (SSSR count).